The molecule has 3 heteroatoms. The first-order chi connectivity index (χ1) is 8.49. The van der Waals surface area contributed by atoms with E-state index in [2.05, 4.69) is 31.8 Å². The molecule has 0 saturated carbocycles. The monoisotopic (exact) mass is 265 g/mol. The van der Waals surface area contributed by atoms with Crippen LogP contribution in [0.3, 0.4) is 0 Å². The summed E-state index contributed by atoms with van der Waals surface area (Å²) in [6.45, 7) is 6.36. The molecule has 0 aliphatic carbocycles. The van der Waals surface area contributed by atoms with Crippen molar-refractivity contribution < 1.29 is 4.79 Å². The summed E-state index contributed by atoms with van der Waals surface area (Å²) in [4.78, 5) is 12.0. The van der Waals surface area contributed by atoms with Gasteiger partial charge < -0.3 is 5.32 Å². The van der Waals surface area contributed by atoms with Gasteiger partial charge in [0, 0.05) is 6.04 Å². The topological polar surface area (TPSA) is 29.1 Å². The van der Waals surface area contributed by atoms with Gasteiger partial charge in [0.05, 0.1) is 5.25 Å². The van der Waals surface area contributed by atoms with Gasteiger partial charge in [-0.1, -0.05) is 44.2 Å². The molecule has 0 aliphatic heterocycles. The molecular weight excluding hydrogens is 242 g/mol. The smallest absolute Gasteiger partial charge is 0.233 e. The van der Waals surface area contributed by atoms with E-state index in [1.165, 1.54) is 0 Å². The van der Waals surface area contributed by atoms with Crippen LogP contribution in [0, 0.1) is 5.92 Å². The lowest BCUT2D eigenvalue weighted by Gasteiger charge is -2.18. The number of amides is 1. The summed E-state index contributed by atoms with van der Waals surface area (Å²) in [6, 6.07) is 10.2. The summed E-state index contributed by atoms with van der Waals surface area (Å²) in [6.07, 6.45) is 1.67. The fourth-order valence-corrected chi connectivity index (χ4v) is 2.32. The van der Waals surface area contributed by atoms with Gasteiger partial charge in [-0.15, -0.1) is 0 Å². The molecule has 0 aliphatic rings. The van der Waals surface area contributed by atoms with E-state index in [1.807, 2.05) is 37.3 Å². The molecule has 1 aromatic rings. The van der Waals surface area contributed by atoms with Crippen LogP contribution in [0.5, 0.6) is 0 Å². The number of thiol groups is 1. The van der Waals surface area contributed by atoms with Crippen LogP contribution in [0.2, 0.25) is 0 Å². The highest BCUT2D eigenvalue weighted by Gasteiger charge is 2.16. The van der Waals surface area contributed by atoms with Crippen LogP contribution in [0.1, 0.15) is 32.8 Å². The average Bonchev–Trinajstić information content (AvgIpc) is 2.28. The molecule has 0 aromatic heterocycles. The minimum atomic E-state index is -0.276. The van der Waals surface area contributed by atoms with Crippen molar-refractivity contribution in [3.63, 3.8) is 0 Å². The molecule has 0 fully saturated rings. The van der Waals surface area contributed by atoms with Crippen molar-refractivity contribution in [1.29, 1.82) is 0 Å². The SMILES string of the molecule is CC(C)CC(C)NC(=O)C(S)Cc1ccccc1. The van der Waals surface area contributed by atoms with Crippen LogP contribution in [0.15, 0.2) is 30.3 Å². The Hall–Kier alpha value is -0.960. The first-order valence-electron chi connectivity index (χ1n) is 6.51. The zero-order chi connectivity index (χ0) is 13.5. The fourth-order valence-electron chi connectivity index (χ4n) is 2.04. The molecule has 2 nitrogen and oxygen atoms in total. The highest BCUT2D eigenvalue weighted by molar-refractivity contribution is 7.81. The first kappa shape index (κ1) is 15.1. The summed E-state index contributed by atoms with van der Waals surface area (Å²) in [7, 11) is 0. The average molecular weight is 265 g/mol. The van der Waals surface area contributed by atoms with Crippen LogP contribution in [0.4, 0.5) is 0 Å². The van der Waals surface area contributed by atoms with Gasteiger partial charge in [-0.25, -0.2) is 0 Å². The molecule has 100 valence electrons. The third kappa shape index (κ3) is 5.58. The molecule has 1 N–H and O–H groups in total. The van der Waals surface area contributed by atoms with Crippen molar-refractivity contribution in [2.75, 3.05) is 0 Å². The third-order valence-electron chi connectivity index (χ3n) is 2.79. The zero-order valence-corrected chi connectivity index (χ0v) is 12.3. The van der Waals surface area contributed by atoms with Gasteiger partial charge in [0.15, 0.2) is 0 Å². The highest BCUT2D eigenvalue weighted by atomic mass is 32.1. The van der Waals surface area contributed by atoms with E-state index >= 15 is 0 Å². The minimum absolute atomic E-state index is 0.0235. The molecule has 0 radical (unpaired) electrons. The molecule has 18 heavy (non-hydrogen) atoms. The molecule has 0 bridgehead atoms. The molecule has 0 spiro atoms. The highest BCUT2D eigenvalue weighted by Crippen LogP contribution is 2.09. The van der Waals surface area contributed by atoms with Crippen molar-refractivity contribution in [3.8, 4) is 0 Å². The normalized spacial score (nSPS) is 14.3. The predicted octanol–water partition coefficient (Wildman–Crippen LogP) is 3.08. The number of hydrogen-bond acceptors (Lipinski definition) is 2. The molecule has 1 amide bonds. The molecule has 2 atom stereocenters. The van der Waals surface area contributed by atoms with Gasteiger partial charge in [-0.3, -0.25) is 4.79 Å². The lowest BCUT2D eigenvalue weighted by molar-refractivity contribution is -0.121. The Morgan fingerprint density at radius 1 is 1.22 bits per heavy atom. The molecule has 0 heterocycles. The van der Waals surface area contributed by atoms with Crippen molar-refractivity contribution >= 4 is 18.5 Å². The number of benzene rings is 1. The second-order valence-corrected chi connectivity index (χ2v) is 5.87. The summed E-state index contributed by atoms with van der Waals surface area (Å²) in [5, 5.41) is 2.74. The van der Waals surface area contributed by atoms with Gasteiger partial charge in [0.1, 0.15) is 0 Å². The predicted molar refractivity (Wildman–Crippen MR) is 80.0 cm³/mol. The molecule has 1 rings (SSSR count). The number of carbonyl (C=O) groups is 1. The summed E-state index contributed by atoms with van der Waals surface area (Å²) < 4.78 is 0. The second kappa shape index (κ2) is 7.47. The number of carbonyl (C=O) groups excluding carboxylic acids is 1. The quantitative estimate of drug-likeness (QED) is 0.760. The zero-order valence-electron chi connectivity index (χ0n) is 11.4. The molecular formula is C15H23NOS. The van der Waals surface area contributed by atoms with Crippen molar-refractivity contribution in [2.45, 2.75) is 44.9 Å². The minimum Gasteiger partial charge on any atom is -0.353 e. The number of rotatable bonds is 6. The summed E-state index contributed by atoms with van der Waals surface area (Å²) in [5.74, 6) is 0.614. The Kier molecular flexibility index (Phi) is 6.27. The molecule has 2 unspecified atom stereocenters. The molecule has 0 saturated heterocycles. The Morgan fingerprint density at radius 2 is 1.83 bits per heavy atom. The van der Waals surface area contributed by atoms with Crippen LogP contribution in [-0.2, 0) is 11.2 Å². The van der Waals surface area contributed by atoms with E-state index in [9.17, 15) is 4.79 Å². The van der Waals surface area contributed by atoms with Crippen LogP contribution in [0.25, 0.3) is 0 Å². The summed E-state index contributed by atoms with van der Waals surface area (Å²) >= 11 is 4.39. The van der Waals surface area contributed by atoms with Gasteiger partial charge in [-0.2, -0.15) is 12.6 Å². The Balaban J connectivity index is 2.42. The molecule has 1 aromatic carbocycles. The third-order valence-corrected chi connectivity index (χ3v) is 3.21. The maximum Gasteiger partial charge on any atom is 0.233 e. The van der Waals surface area contributed by atoms with Gasteiger partial charge in [0.25, 0.3) is 0 Å². The van der Waals surface area contributed by atoms with Crippen LogP contribution >= 0.6 is 12.6 Å². The van der Waals surface area contributed by atoms with Crippen LogP contribution < -0.4 is 5.32 Å². The Morgan fingerprint density at radius 3 is 2.39 bits per heavy atom. The lowest BCUT2D eigenvalue weighted by Crippen LogP contribution is -2.39. The maximum absolute atomic E-state index is 12.0. The Bertz CT molecular complexity index is 364. The lowest BCUT2D eigenvalue weighted by atomic mass is 10.0. The van der Waals surface area contributed by atoms with Gasteiger partial charge >= 0.3 is 0 Å². The van der Waals surface area contributed by atoms with E-state index in [1.54, 1.807) is 0 Å². The van der Waals surface area contributed by atoms with Crippen molar-refractivity contribution in [1.82, 2.24) is 5.32 Å². The standard InChI is InChI=1S/C15H23NOS/c1-11(2)9-12(3)16-15(17)14(18)10-13-7-5-4-6-8-13/h4-8,11-12,14,18H,9-10H2,1-3H3,(H,16,17). The largest absolute Gasteiger partial charge is 0.353 e. The van der Waals surface area contributed by atoms with Gasteiger partial charge in [0.2, 0.25) is 5.91 Å². The summed E-state index contributed by atoms with van der Waals surface area (Å²) in [5.41, 5.74) is 1.14. The maximum atomic E-state index is 12.0. The fraction of sp³-hybridized carbons (Fsp3) is 0.533. The van der Waals surface area contributed by atoms with E-state index in [4.69, 9.17) is 0 Å². The number of hydrogen-bond donors (Lipinski definition) is 2. The van der Waals surface area contributed by atoms with Crippen molar-refractivity contribution in [3.05, 3.63) is 35.9 Å². The van der Waals surface area contributed by atoms with E-state index in [0.717, 1.165) is 12.0 Å². The van der Waals surface area contributed by atoms with Crippen LogP contribution in [-0.4, -0.2) is 17.2 Å². The van der Waals surface area contributed by atoms with E-state index in [0.29, 0.717) is 12.3 Å². The first-order valence-corrected chi connectivity index (χ1v) is 7.03. The van der Waals surface area contributed by atoms with Gasteiger partial charge in [-0.05, 0) is 31.2 Å². The van der Waals surface area contributed by atoms with E-state index in [-0.39, 0.29) is 17.2 Å². The van der Waals surface area contributed by atoms with Crippen molar-refractivity contribution in [2.24, 2.45) is 5.92 Å². The van der Waals surface area contributed by atoms with E-state index < -0.39 is 0 Å². The number of nitrogens with one attached hydrogen (secondary N) is 1. The second-order valence-electron chi connectivity index (χ2n) is 5.24. The Labute approximate surface area is 116 Å².